The number of nitrogens with zero attached hydrogens (tertiary/aromatic N) is 1. The maximum Gasteiger partial charge on any atom is 0.365 e. The van der Waals surface area contributed by atoms with Crippen molar-refractivity contribution in [1.82, 2.24) is 5.32 Å². The molecule has 0 rings (SSSR count). The normalized spacial score (nSPS) is 14.1. The number of carboxylic acid groups (broad SMARTS) is 1. The van der Waals surface area contributed by atoms with Crippen molar-refractivity contribution in [2.75, 3.05) is 13.1 Å². The van der Waals surface area contributed by atoms with E-state index in [1.807, 2.05) is 0 Å². The fraction of sp³-hybridized carbons (Fsp3) is 0.556. The van der Waals surface area contributed by atoms with Crippen LogP contribution in [0.5, 0.6) is 0 Å². The summed E-state index contributed by atoms with van der Waals surface area (Å²) >= 11 is 0. The second-order valence-electron chi connectivity index (χ2n) is 2.74. The van der Waals surface area contributed by atoms with Gasteiger partial charge in [0.1, 0.15) is 0 Å². The molecular formula is C9H14N2O5. The number of carboxylic acids is 1. The molecule has 1 unspecified atom stereocenters. The number of amides is 1. The molecule has 2 N–H and O–H groups in total. The zero-order valence-corrected chi connectivity index (χ0v) is 9.10. The second-order valence-corrected chi connectivity index (χ2v) is 2.74. The first-order valence-corrected chi connectivity index (χ1v) is 4.69. The van der Waals surface area contributed by atoms with E-state index in [0.29, 0.717) is 6.54 Å². The lowest BCUT2D eigenvalue weighted by Crippen LogP contribution is -2.56. The Morgan fingerprint density at radius 1 is 1.50 bits per heavy atom. The molecule has 0 radical (unpaired) electrons. The van der Waals surface area contributed by atoms with Crippen molar-refractivity contribution in [3.63, 3.8) is 0 Å². The van der Waals surface area contributed by atoms with Crippen LogP contribution in [0, 0.1) is 0 Å². The first-order chi connectivity index (χ1) is 7.55. The standard InChI is InChI=1S/C9H14N2O5/c1-3-10-6-16-9(5-12,8(14)15)7(13)11-4-2/h5-6H,3-4H2,1-2H3,(H,11,13)(H,14,15). The summed E-state index contributed by atoms with van der Waals surface area (Å²) in [6.07, 6.45) is 0.722. The zero-order chi connectivity index (χ0) is 12.6. The summed E-state index contributed by atoms with van der Waals surface area (Å²) in [7, 11) is 0. The molecule has 0 aliphatic rings. The minimum Gasteiger partial charge on any atom is -0.478 e. The van der Waals surface area contributed by atoms with Gasteiger partial charge in [0, 0.05) is 13.1 Å². The number of aliphatic carboxylic acids is 1. The van der Waals surface area contributed by atoms with Crippen LogP contribution in [0.3, 0.4) is 0 Å². The predicted octanol–water partition coefficient (Wildman–Crippen LogP) is -0.790. The number of likely N-dealkylation sites (N-methyl/N-ethyl adjacent to an activating group) is 1. The lowest BCUT2D eigenvalue weighted by molar-refractivity contribution is -0.164. The summed E-state index contributed by atoms with van der Waals surface area (Å²) in [6, 6.07) is 0. The Labute approximate surface area is 92.5 Å². The minimum absolute atomic E-state index is 0.0675. The van der Waals surface area contributed by atoms with E-state index in [2.05, 4.69) is 15.0 Å². The Morgan fingerprint density at radius 3 is 2.50 bits per heavy atom. The Bertz CT molecular complexity index is 302. The average Bonchev–Trinajstić information content (AvgIpc) is 2.24. The lowest BCUT2D eigenvalue weighted by atomic mass is 10.1. The van der Waals surface area contributed by atoms with Gasteiger partial charge in [-0.05, 0) is 13.8 Å². The molecule has 0 bridgehead atoms. The molecule has 90 valence electrons. The minimum atomic E-state index is -2.56. The van der Waals surface area contributed by atoms with Gasteiger partial charge in [0.15, 0.2) is 12.7 Å². The lowest BCUT2D eigenvalue weighted by Gasteiger charge is -2.20. The van der Waals surface area contributed by atoms with E-state index in [4.69, 9.17) is 5.11 Å². The van der Waals surface area contributed by atoms with Crippen LogP contribution in [0.4, 0.5) is 0 Å². The van der Waals surface area contributed by atoms with Gasteiger partial charge in [-0.2, -0.15) is 0 Å². The molecular weight excluding hydrogens is 216 g/mol. The Morgan fingerprint density at radius 2 is 2.12 bits per heavy atom. The molecule has 0 aromatic heterocycles. The van der Waals surface area contributed by atoms with Crippen LogP contribution < -0.4 is 5.32 Å². The van der Waals surface area contributed by atoms with Crippen molar-refractivity contribution in [1.29, 1.82) is 0 Å². The molecule has 0 saturated carbocycles. The topological polar surface area (TPSA) is 105 Å². The number of aliphatic imine (C=N–C) groups is 1. The van der Waals surface area contributed by atoms with Crippen LogP contribution in [0.2, 0.25) is 0 Å². The molecule has 16 heavy (non-hydrogen) atoms. The number of hydrogen-bond donors (Lipinski definition) is 2. The molecule has 0 spiro atoms. The molecule has 0 heterocycles. The number of rotatable bonds is 7. The van der Waals surface area contributed by atoms with E-state index in [-0.39, 0.29) is 12.8 Å². The molecule has 1 amide bonds. The maximum atomic E-state index is 11.4. The Balaban J connectivity index is 4.99. The first-order valence-electron chi connectivity index (χ1n) is 4.69. The molecule has 0 aromatic carbocycles. The van der Waals surface area contributed by atoms with Crippen LogP contribution in [-0.4, -0.2) is 48.4 Å². The van der Waals surface area contributed by atoms with E-state index in [9.17, 15) is 14.4 Å². The highest BCUT2D eigenvalue weighted by molar-refractivity contribution is 6.19. The van der Waals surface area contributed by atoms with Crippen molar-refractivity contribution < 1.29 is 24.2 Å². The zero-order valence-electron chi connectivity index (χ0n) is 9.10. The van der Waals surface area contributed by atoms with Gasteiger partial charge in [-0.25, -0.2) is 4.79 Å². The number of carbonyl (C=O) groups is 3. The summed E-state index contributed by atoms with van der Waals surface area (Å²) in [6.45, 7) is 3.82. The number of ether oxygens (including phenoxy) is 1. The van der Waals surface area contributed by atoms with Crippen LogP contribution in [-0.2, 0) is 19.1 Å². The van der Waals surface area contributed by atoms with E-state index in [1.54, 1.807) is 13.8 Å². The molecule has 1 atom stereocenters. The van der Waals surface area contributed by atoms with Crippen LogP contribution >= 0.6 is 0 Å². The fourth-order valence-corrected chi connectivity index (χ4v) is 0.820. The fourth-order valence-electron chi connectivity index (χ4n) is 0.820. The summed E-state index contributed by atoms with van der Waals surface area (Å²) in [5, 5.41) is 11.0. The highest BCUT2D eigenvalue weighted by atomic mass is 16.5. The van der Waals surface area contributed by atoms with Crippen LogP contribution in [0.1, 0.15) is 13.8 Å². The average molecular weight is 230 g/mol. The van der Waals surface area contributed by atoms with Crippen LogP contribution in [0.15, 0.2) is 4.99 Å². The third-order valence-electron chi connectivity index (χ3n) is 1.65. The van der Waals surface area contributed by atoms with Crippen molar-refractivity contribution in [3.05, 3.63) is 0 Å². The van der Waals surface area contributed by atoms with Gasteiger partial charge in [-0.1, -0.05) is 0 Å². The quantitative estimate of drug-likeness (QED) is 0.258. The summed E-state index contributed by atoms with van der Waals surface area (Å²) in [4.78, 5) is 36.6. The summed E-state index contributed by atoms with van der Waals surface area (Å²) < 4.78 is 4.62. The van der Waals surface area contributed by atoms with E-state index >= 15 is 0 Å². The van der Waals surface area contributed by atoms with Crippen molar-refractivity contribution in [2.24, 2.45) is 4.99 Å². The number of carbonyl (C=O) groups excluding carboxylic acids is 2. The monoisotopic (exact) mass is 230 g/mol. The smallest absolute Gasteiger partial charge is 0.365 e. The third kappa shape index (κ3) is 3.04. The van der Waals surface area contributed by atoms with Gasteiger partial charge >= 0.3 is 11.6 Å². The van der Waals surface area contributed by atoms with Gasteiger partial charge in [0.25, 0.3) is 5.91 Å². The molecule has 0 aliphatic heterocycles. The number of nitrogens with one attached hydrogen (secondary N) is 1. The van der Waals surface area contributed by atoms with Gasteiger partial charge in [-0.3, -0.25) is 14.6 Å². The second kappa shape index (κ2) is 6.54. The predicted molar refractivity (Wildman–Crippen MR) is 55.2 cm³/mol. The highest BCUT2D eigenvalue weighted by Gasteiger charge is 2.48. The molecule has 7 nitrogen and oxygen atoms in total. The largest absolute Gasteiger partial charge is 0.478 e. The number of hydrogen-bond acceptors (Lipinski definition) is 5. The van der Waals surface area contributed by atoms with Crippen LogP contribution in [0.25, 0.3) is 0 Å². The van der Waals surface area contributed by atoms with Gasteiger partial charge in [0.2, 0.25) is 0 Å². The summed E-state index contributed by atoms with van der Waals surface area (Å²) in [5.41, 5.74) is -2.56. The SMILES string of the molecule is CCN=COC(C=O)(C(=O)O)C(=O)NCC. The van der Waals surface area contributed by atoms with Gasteiger partial charge in [-0.15, -0.1) is 0 Å². The molecule has 0 aliphatic carbocycles. The van der Waals surface area contributed by atoms with Crippen molar-refractivity contribution in [3.8, 4) is 0 Å². The van der Waals surface area contributed by atoms with E-state index in [0.717, 1.165) is 6.40 Å². The molecule has 0 saturated heterocycles. The van der Waals surface area contributed by atoms with E-state index in [1.165, 1.54) is 0 Å². The summed E-state index contributed by atoms with van der Waals surface area (Å²) in [5.74, 6) is -2.71. The highest BCUT2D eigenvalue weighted by Crippen LogP contribution is 2.08. The Kier molecular flexibility index (Phi) is 5.76. The third-order valence-corrected chi connectivity index (χ3v) is 1.65. The van der Waals surface area contributed by atoms with E-state index < -0.39 is 17.5 Å². The first kappa shape index (κ1) is 14.1. The molecule has 7 heteroatoms. The maximum absolute atomic E-state index is 11.4. The Hall–Kier alpha value is -1.92. The van der Waals surface area contributed by atoms with Crippen molar-refractivity contribution >= 4 is 24.6 Å². The van der Waals surface area contributed by atoms with Gasteiger partial charge in [0.05, 0.1) is 0 Å². The molecule has 0 fully saturated rings. The van der Waals surface area contributed by atoms with Gasteiger partial charge < -0.3 is 15.2 Å². The molecule has 0 aromatic rings. The number of aldehydes is 1. The van der Waals surface area contributed by atoms with Crippen molar-refractivity contribution in [2.45, 2.75) is 19.4 Å².